The van der Waals surface area contributed by atoms with E-state index in [2.05, 4.69) is 16.0 Å². The summed E-state index contributed by atoms with van der Waals surface area (Å²) in [5, 5.41) is 18.8. The Hall–Kier alpha value is -1.90. The predicted molar refractivity (Wildman–Crippen MR) is 63.2 cm³/mol. The quantitative estimate of drug-likeness (QED) is 0.835. The van der Waals surface area contributed by atoms with E-state index >= 15 is 0 Å². The average Bonchev–Trinajstić information content (AvgIpc) is 2.40. The van der Waals surface area contributed by atoms with E-state index in [1.54, 1.807) is 24.4 Å². The third-order valence-electron chi connectivity index (χ3n) is 2.12. The fraction of sp³-hybridized carbons (Fsp3) is 0.0833. The smallest absolute Gasteiger partial charge is 0.116 e. The van der Waals surface area contributed by atoms with Gasteiger partial charge in [-0.05, 0) is 23.8 Å². The molecule has 0 fully saturated rings. The van der Waals surface area contributed by atoms with Crippen molar-refractivity contribution in [2.45, 2.75) is 16.5 Å². The molecule has 0 radical (unpaired) electrons. The molecule has 0 saturated heterocycles. The predicted octanol–water partition coefficient (Wildman–Crippen LogP) is 1.99. The topological polar surface area (TPSA) is 69.8 Å². The lowest BCUT2D eigenvalue weighted by atomic mass is 10.1. The van der Waals surface area contributed by atoms with E-state index in [4.69, 9.17) is 10.4 Å². The summed E-state index contributed by atoms with van der Waals surface area (Å²) in [5.74, 6) is 0. The van der Waals surface area contributed by atoms with Crippen LogP contribution in [0, 0.1) is 11.3 Å². The number of rotatable bonds is 3. The molecule has 1 N–H and O–H groups in total. The van der Waals surface area contributed by atoms with Crippen LogP contribution in [0.1, 0.15) is 11.1 Å². The second-order valence-corrected chi connectivity index (χ2v) is 4.31. The van der Waals surface area contributed by atoms with Gasteiger partial charge in [0.25, 0.3) is 0 Å². The maximum absolute atomic E-state index is 9.04. The van der Waals surface area contributed by atoms with Crippen molar-refractivity contribution < 1.29 is 5.11 Å². The summed E-state index contributed by atoms with van der Waals surface area (Å²) in [6.45, 7) is -0.0624. The first-order chi connectivity index (χ1) is 8.33. The van der Waals surface area contributed by atoms with Crippen LogP contribution in [0.15, 0.2) is 46.7 Å². The van der Waals surface area contributed by atoms with E-state index in [9.17, 15) is 0 Å². The van der Waals surface area contributed by atoms with Crippen molar-refractivity contribution in [3.63, 3.8) is 0 Å². The average molecular weight is 243 g/mol. The van der Waals surface area contributed by atoms with Crippen LogP contribution in [0.25, 0.3) is 0 Å². The van der Waals surface area contributed by atoms with Crippen LogP contribution in [0.4, 0.5) is 0 Å². The molecule has 1 aromatic heterocycles. The van der Waals surface area contributed by atoms with Crippen molar-refractivity contribution in [3.05, 3.63) is 47.9 Å². The SMILES string of the molecule is N#Cc1cc(CO)ccc1Sc1ccncn1. The first-order valence-electron chi connectivity index (χ1n) is 4.91. The molecule has 0 aliphatic heterocycles. The minimum absolute atomic E-state index is 0.0624. The molecule has 2 aromatic rings. The van der Waals surface area contributed by atoms with Crippen molar-refractivity contribution in [3.8, 4) is 6.07 Å². The number of aliphatic hydroxyl groups is 1. The molecule has 0 amide bonds. The van der Waals surface area contributed by atoms with Gasteiger partial charge in [-0.2, -0.15) is 5.26 Å². The van der Waals surface area contributed by atoms with Crippen molar-refractivity contribution in [1.29, 1.82) is 5.26 Å². The van der Waals surface area contributed by atoms with E-state index in [-0.39, 0.29) is 6.61 Å². The first-order valence-corrected chi connectivity index (χ1v) is 5.73. The summed E-state index contributed by atoms with van der Waals surface area (Å²) in [5.41, 5.74) is 1.27. The number of nitrogens with zero attached hydrogens (tertiary/aromatic N) is 3. The molecule has 0 aliphatic rings. The van der Waals surface area contributed by atoms with Gasteiger partial charge in [0.15, 0.2) is 0 Å². The van der Waals surface area contributed by atoms with Gasteiger partial charge in [0.05, 0.1) is 12.2 Å². The zero-order valence-corrected chi connectivity index (χ0v) is 9.68. The standard InChI is InChI=1S/C12H9N3OS/c13-6-10-5-9(7-16)1-2-11(10)17-12-3-4-14-8-15-12/h1-5,8,16H,7H2. The van der Waals surface area contributed by atoms with Gasteiger partial charge in [0.2, 0.25) is 0 Å². The fourth-order valence-corrected chi connectivity index (χ4v) is 2.11. The summed E-state index contributed by atoms with van der Waals surface area (Å²) >= 11 is 1.40. The Balaban J connectivity index is 2.31. The van der Waals surface area contributed by atoms with Gasteiger partial charge in [-0.3, -0.25) is 0 Å². The molecule has 17 heavy (non-hydrogen) atoms. The highest BCUT2D eigenvalue weighted by atomic mass is 32.2. The second kappa shape index (κ2) is 5.43. The number of hydrogen-bond donors (Lipinski definition) is 1. The number of nitriles is 1. The van der Waals surface area contributed by atoms with Gasteiger partial charge < -0.3 is 5.11 Å². The third kappa shape index (κ3) is 2.81. The minimum atomic E-state index is -0.0624. The third-order valence-corrected chi connectivity index (χ3v) is 3.14. The zero-order valence-electron chi connectivity index (χ0n) is 8.87. The number of hydrogen-bond acceptors (Lipinski definition) is 5. The van der Waals surface area contributed by atoms with Gasteiger partial charge >= 0.3 is 0 Å². The van der Waals surface area contributed by atoms with E-state index < -0.39 is 0 Å². The maximum Gasteiger partial charge on any atom is 0.116 e. The van der Waals surface area contributed by atoms with Gasteiger partial charge in [-0.1, -0.05) is 17.8 Å². The normalized spacial score (nSPS) is 9.88. The molecule has 0 saturated carbocycles. The molecule has 4 nitrogen and oxygen atoms in total. The molecule has 0 atom stereocenters. The molecule has 0 bridgehead atoms. The molecule has 0 spiro atoms. The van der Waals surface area contributed by atoms with Crippen molar-refractivity contribution >= 4 is 11.8 Å². The number of benzene rings is 1. The lowest BCUT2D eigenvalue weighted by molar-refractivity contribution is 0.281. The molecule has 2 rings (SSSR count). The summed E-state index contributed by atoms with van der Waals surface area (Å²) in [4.78, 5) is 8.74. The van der Waals surface area contributed by atoms with E-state index in [0.29, 0.717) is 5.56 Å². The zero-order chi connectivity index (χ0) is 12.1. The molecule has 84 valence electrons. The molecule has 0 aliphatic carbocycles. The molecule has 1 aromatic carbocycles. The molecular weight excluding hydrogens is 234 g/mol. The summed E-state index contributed by atoms with van der Waals surface area (Å²) in [7, 11) is 0. The van der Waals surface area contributed by atoms with Gasteiger partial charge in [-0.25, -0.2) is 9.97 Å². The minimum Gasteiger partial charge on any atom is -0.392 e. The van der Waals surface area contributed by atoms with Gasteiger partial charge in [0.1, 0.15) is 17.4 Å². The fourth-order valence-electron chi connectivity index (χ4n) is 1.30. The van der Waals surface area contributed by atoms with Crippen LogP contribution in [0.5, 0.6) is 0 Å². The molecular formula is C12H9N3OS. The molecule has 5 heteroatoms. The van der Waals surface area contributed by atoms with E-state index in [0.717, 1.165) is 15.5 Å². The van der Waals surface area contributed by atoms with Gasteiger partial charge in [0, 0.05) is 11.1 Å². The van der Waals surface area contributed by atoms with Crippen LogP contribution in [0.3, 0.4) is 0 Å². The van der Waals surface area contributed by atoms with Gasteiger partial charge in [-0.15, -0.1) is 0 Å². The monoisotopic (exact) mass is 243 g/mol. The lowest BCUT2D eigenvalue weighted by Crippen LogP contribution is -1.88. The summed E-state index contributed by atoms with van der Waals surface area (Å²) in [6, 6.07) is 9.20. The van der Waals surface area contributed by atoms with E-state index in [1.807, 2.05) is 6.07 Å². The highest BCUT2D eigenvalue weighted by Crippen LogP contribution is 2.28. The molecule has 1 heterocycles. The van der Waals surface area contributed by atoms with Crippen molar-refractivity contribution in [2.75, 3.05) is 0 Å². The van der Waals surface area contributed by atoms with Crippen LogP contribution in [-0.4, -0.2) is 15.1 Å². The largest absolute Gasteiger partial charge is 0.392 e. The van der Waals surface area contributed by atoms with Crippen LogP contribution >= 0.6 is 11.8 Å². The Morgan fingerprint density at radius 2 is 2.24 bits per heavy atom. The Kier molecular flexibility index (Phi) is 3.70. The second-order valence-electron chi connectivity index (χ2n) is 3.25. The van der Waals surface area contributed by atoms with Crippen molar-refractivity contribution in [1.82, 2.24) is 9.97 Å². The highest BCUT2D eigenvalue weighted by molar-refractivity contribution is 7.99. The number of aromatic nitrogens is 2. The Bertz CT molecular complexity index is 551. The van der Waals surface area contributed by atoms with Crippen LogP contribution in [0.2, 0.25) is 0 Å². The Morgan fingerprint density at radius 1 is 1.35 bits per heavy atom. The molecule has 0 unspecified atom stereocenters. The summed E-state index contributed by atoms with van der Waals surface area (Å²) in [6.07, 6.45) is 3.12. The van der Waals surface area contributed by atoms with Crippen molar-refractivity contribution in [2.24, 2.45) is 0 Å². The van der Waals surface area contributed by atoms with Crippen LogP contribution in [-0.2, 0) is 6.61 Å². The van der Waals surface area contributed by atoms with Crippen LogP contribution < -0.4 is 0 Å². The van der Waals surface area contributed by atoms with E-state index in [1.165, 1.54) is 18.1 Å². The summed E-state index contributed by atoms with van der Waals surface area (Å²) < 4.78 is 0. The lowest BCUT2D eigenvalue weighted by Gasteiger charge is -2.04. The maximum atomic E-state index is 9.04. The number of aliphatic hydroxyl groups excluding tert-OH is 1. The first kappa shape index (κ1) is 11.6. The Labute approximate surface area is 103 Å². The highest BCUT2D eigenvalue weighted by Gasteiger charge is 2.06. The Morgan fingerprint density at radius 3 is 2.88 bits per heavy atom.